The third-order valence-corrected chi connectivity index (χ3v) is 10.6. The van der Waals surface area contributed by atoms with Crippen molar-refractivity contribution in [3.8, 4) is 102 Å². The Morgan fingerprint density at radius 1 is 0.230 bits per heavy atom. The molecule has 0 aliphatic carbocycles. The lowest BCUT2D eigenvalue weighted by molar-refractivity contribution is 1.21. The summed E-state index contributed by atoms with van der Waals surface area (Å²) in [5, 5.41) is 0. The van der Waals surface area contributed by atoms with Gasteiger partial charge in [0.05, 0.1) is 68.3 Å². The molecule has 0 fully saturated rings. The summed E-state index contributed by atoms with van der Waals surface area (Å²) in [5.41, 5.74) is 14.7. The SMILES string of the molecule is Brc1ccc(-c2cc(-c3cc(-c4cc(-c5ccccn5)nc(-c5ccccn5)c4)ccn3)nc(-c3cc(-c4cc(-c5ccccn5)nc(-c5ccccn5)c4)ccn3)c2)cc1. The molecule has 1 aromatic carbocycles. The summed E-state index contributed by atoms with van der Waals surface area (Å²) in [7, 11) is 0. The molecule has 0 saturated heterocycles. The van der Waals surface area contributed by atoms with E-state index in [1.807, 2.05) is 109 Å². The molecule has 0 radical (unpaired) electrons. The number of halogens is 1. The minimum atomic E-state index is 0.701. The number of benzene rings is 1. The first kappa shape index (κ1) is 37.3. The largest absolute Gasteiger partial charge is 0.255 e. The molecule has 9 nitrogen and oxygen atoms in total. The van der Waals surface area contributed by atoms with E-state index in [1.165, 1.54) is 0 Å². The van der Waals surface area contributed by atoms with Gasteiger partial charge in [0.15, 0.2) is 0 Å². The van der Waals surface area contributed by atoms with Crippen molar-refractivity contribution in [1.29, 1.82) is 0 Å². The fourth-order valence-electron chi connectivity index (χ4n) is 7.08. The third-order valence-electron chi connectivity index (χ3n) is 10.1. The van der Waals surface area contributed by atoms with Gasteiger partial charge in [-0.2, -0.15) is 0 Å². The van der Waals surface area contributed by atoms with Crippen LogP contribution in [0.25, 0.3) is 102 Å². The quantitative estimate of drug-likeness (QED) is 0.140. The van der Waals surface area contributed by atoms with Gasteiger partial charge < -0.3 is 0 Å². The highest BCUT2D eigenvalue weighted by Gasteiger charge is 2.16. The van der Waals surface area contributed by atoms with Crippen LogP contribution in [0.3, 0.4) is 0 Å². The Kier molecular flexibility index (Phi) is 10.2. The van der Waals surface area contributed by atoms with Crippen LogP contribution < -0.4 is 0 Å². The van der Waals surface area contributed by atoms with Crippen molar-refractivity contribution in [2.45, 2.75) is 0 Å². The fraction of sp³-hybridized carbons (Fsp3) is 0. The molecule has 10 aromatic rings. The Balaban J connectivity index is 1.09. The molecule has 0 bridgehead atoms. The molecule has 0 saturated carbocycles. The van der Waals surface area contributed by atoms with Gasteiger partial charge in [-0.1, -0.05) is 52.3 Å². The molecule has 0 aliphatic heterocycles. The highest BCUT2D eigenvalue weighted by Crippen LogP contribution is 2.35. The lowest BCUT2D eigenvalue weighted by atomic mass is 9.99. The van der Waals surface area contributed by atoms with E-state index in [-0.39, 0.29) is 0 Å². The van der Waals surface area contributed by atoms with E-state index in [1.54, 1.807) is 24.8 Å². The van der Waals surface area contributed by atoms with Crippen molar-refractivity contribution in [1.82, 2.24) is 44.9 Å². The maximum absolute atomic E-state index is 5.25. The van der Waals surface area contributed by atoms with Crippen molar-refractivity contribution in [3.05, 3.63) is 199 Å². The lowest BCUT2D eigenvalue weighted by Gasteiger charge is -2.13. The van der Waals surface area contributed by atoms with Gasteiger partial charge in [0, 0.05) is 41.7 Å². The Bertz CT molecular complexity index is 2830. The first-order valence-electron chi connectivity index (χ1n) is 19.5. The molecular weight excluding hydrogens is 819 g/mol. The van der Waals surface area contributed by atoms with E-state index in [0.29, 0.717) is 22.8 Å². The van der Waals surface area contributed by atoms with Gasteiger partial charge in [-0.25, -0.2) is 15.0 Å². The summed E-state index contributed by atoms with van der Waals surface area (Å²) in [6, 6.07) is 52.0. The van der Waals surface area contributed by atoms with E-state index >= 15 is 0 Å². The average Bonchev–Trinajstić information content (AvgIpc) is 3.35. The Labute approximate surface area is 360 Å². The smallest absolute Gasteiger partial charge is 0.0900 e. The van der Waals surface area contributed by atoms with Crippen LogP contribution in [0.2, 0.25) is 0 Å². The highest BCUT2D eigenvalue weighted by atomic mass is 79.9. The molecule has 9 aromatic heterocycles. The molecule has 0 amide bonds. The van der Waals surface area contributed by atoms with E-state index in [0.717, 1.165) is 83.4 Å². The molecule has 10 heteroatoms. The van der Waals surface area contributed by atoms with Crippen molar-refractivity contribution in [2.24, 2.45) is 0 Å². The summed E-state index contributed by atoms with van der Waals surface area (Å²) in [4.78, 5) is 43.4. The number of rotatable bonds is 9. The fourth-order valence-corrected chi connectivity index (χ4v) is 7.34. The minimum absolute atomic E-state index is 0.701. The van der Waals surface area contributed by atoms with Gasteiger partial charge >= 0.3 is 0 Å². The van der Waals surface area contributed by atoms with Crippen LogP contribution in [-0.4, -0.2) is 44.9 Å². The van der Waals surface area contributed by atoms with Gasteiger partial charge in [-0.15, -0.1) is 0 Å². The van der Waals surface area contributed by atoms with Crippen LogP contribution in [0.1, 0.15) is 0 Å². The topological polar surface area (TPSA) is 116 Å². The zero-order valence-corrected chi connectivity index (χ0v) is 34.0. The molecular formula is C51H32BrN9. The number of aromatic nitrogens is 9. The van der Waals surface area contributed by atoms with Crippen LogP contribution in [0.5, 0.6) is 0 Å². The second-order valence-corrected chi connectivity index (χ2v) is 15.0. The predicted molar refractivity (Wildman–Crippen MR) is 243 cm³/mol. The number of hydrogen-bond acceptors (Lipinski definition) is 9. The summed E-state index contributed by atoms with van der Waals surface area (Å²) < 4.78 is 0.995. The van der Waals surface area contributed by atoms with Crippen LogP contribution in [0.15, 0.2) is 199 Å². The molecule has 0 N–H and O–H groups in total. The zero-order chi connectivity index (χ0) is 41.0. The first-order chi connectivity index (χ1) is 30.1. The predicted octanol–water partition coefficient (Wildman–Crippen LogP) is 12.0. The number of pyridine rings is 9. The summed E-state index contributed by atoms with van der Waals surface area (Å²) in [5.74, 6) is 0. The van der Waals surface area contributed by atoms with E-state index in [2.05, 4.69) is 96.5 Å². The number of hydrogen-bond donors (Lipinski definition) is 0. The first-order valence-corrected chi connectivity index (χ1v) is 20.3. The van der Waals surface area contributed by atoms with Gasteiger partial charge in [0.1, 0.15) is 0 Å². The molecule has 9 heterocycles. The van der Waals surface area contributed by atoms with Crippen LogP contribution in [0, 0.1) is 0 Å². The van der Waals surface area contributed by atoms with Crippen molar-refractivity contribution < 1.29 is 0 Å². The molecule has 61 heavy (non-hydrogen) atoms. The minimum Gasteiger partial charge on any atom is -0.255 e. The maximum Gasteiger partial charge on any atom is 0.0900 e. The van der Waals surface area contributed by atoms with Gasteiger partial charge in [-0.05, 0) is 155 Å². The van der Waals surface area contributed by atoms with E-state index in [9.17, 15) is 0 Å². The molecule has 0 aliphatic rings. The van der Waals surface area contributed by atoms with E-state index < -0.39 is 0 Å². The molecule has 10 rings (SSSR count). The third kappa shape index (κ3) is 8.21. The zero-order valence-electron chi connectivity index (χ0n) is 32.4. The highest BCUT2D eigenvalue weighted by molar-refractivity contribution is 9.10. The average molecular weight is 851 g/mol. The van der Waals surface area contributed by atoms with Gasteiger partial charge in [0.2, 0.25) is 0 Å². The lowest BCUT2D eigenvalue weighted by Crippen LogP contribution is -1.97. The monoisotopic (exact) mass is 849 g/mol. The van der Waals surface area contributed by atoms with E-state index in [4.69, 9.17) is 24.9 Å². The standard InChI is InChI=1S/C51H32BrN9/c52-39-15-13-33(14-16-39)36-27-50(44-25-34(17-23-57-44)37-29-46(40-9-1-5-19-53-40)59-47(30-37)41-10-2-6-20-54-41)61-51(28-36)45-26-35(18-24-58-45)38-31-48(42-11-3-7-21-55-42)60-49(32-38)43-12-4-8-22-56-43/h1-32H. The second kappa shape index (κ2) is 16.7. The summed E-state index contributed by atoms with van der Waals surface area (Å²) in [6.07, 6.45) is 10.7. The second-order valence-electron chi connectivity index (χ2n) is 14.1. The van der Waals surface area contributed by atoms with Crippen molar-refractivity contribution in [3.63, 3.8) is 0 Å². The molecule has 0 spiro atoms. The Morgan fingerprint density at radius 3 is 0.852 bits per heavy atom. The molecule has 0 unspecified atom stereocenters. The normalized spacial score (nSPS) is 11.0. The van der Waals surface area contributed by atoms with Gasteiger partial charge in [0.25, 0.3) is 0 Å². The number of nitrogens with zero attached hydrogens (tertiary/aromatic N) is 9. The Hall–Kier alpha value is -7.95. The maximum atomic E-state index is 5.25. The summed E-state index contributed by atoms with van der Waals surface area (Å²) >= 11 is 3.60. The molecule has 288 valence electrons. The molecule has 0 atom stereocenters. The van der Waals surface area contributed by atoms with Crippen molar-refractivity contribution in [2.75, 3.05) is 0 Å². The summed E-state index contributed by atoms with van der Waals surface area (Å²) in [6.45, 7) is 0. The van der Waals surface area contributed by atoms with Gasteiger partial charge in [-0.3, -0.25) is 29.9 Å². The van der Waals surface area contributed by atoms with Crippen LogP contribution in [-0.2, 0) is 0 Å². The van der Waals surface area contributed by atoms with Crippen molar-refractivity contribution >= 4 is 15.9 Å². The van der Waals surface area contributed by atoms with Crippen LogP contribution >= 0.6 is 15.9 Å². The van der Waals surface area contributed by atoms with Crippen LogP contribution in [0.4, 0.5) is 0 Å². The Morgan fingerprint density at radius 2 is 0.525 bits per heavy atom.